The minimum absolute atomic E-state index is 0. The normalized spacial score (nSPS) is 26.4. The smallest absolute Gasteiger partial charge is 0.0679 e. The van der Waals surface area contributed by atoms with Crippen molar-refractivity contribution in [3.05, 3.63) is 0 Å². The van der Waals surface area contributed by atoms with Gasteiger partial charge < -0.3 is 10.0 Å². The third-order valence-corrected chi connectivity index (χ3v) is 1.79. The molecule has 1 unspecified atom stereocenters. The van der Waals surface area contributed by atoms with Crippen molar-refractivity contribution in [2.75, 3.05) is 19.6 Å². The van der Waals surface area contributed by atoms with Crippen LogP contribution in [0.2, 0.25) is 0 Å². The molecule has 0 aromatic heterocycles. The Bertz CT molecular complexity index is 83.3. The highest BCUT2D eigenvalue weighted by Crippen LogP contribution is 2.07. The van der Waals surface area contributed by atoms with Crippen LogP contribution >= 0.6 is 0 Å². The molecule has 0 radical (unpaired) electrons. The number of likely N-dealkylation sites (tertiary alicyclic amines) is 1. The molecule has 2 heteroatoms. The van der Waals surface area contributed by atoms with Crippen molar-refractivity contribution in [3.8, 4) is 0 Å². The van der Waals surface area contributed by atoms with Gasteiger partial charge in [0.2, 0.25) is 0 Å². The minimum Gasteiger partial charge on any atom is -0.392 e. The molecule has 0 aromatic carbocycles. The summed E-state index contributed by atoms with van der Waals surface area (Å²) in [5, 5.41) is 9.08. The molecule has 62 valence electrons. The molecule has 1 heterocycles. The summed E-state index contributed by atoms with van der Waals surface area (Å²) in [6.07, 6.45) is 2.13. The second-order valence-corrected chi connectivity index (χ2v) is 2.74. The molecule has 0 aliphatic carbocycles. The van der Waals surface area contributed by atoms with Crippen molar-refractivity contribution >= 4 is 0 Å². The first-order valence-corrected chi connectivity index (χ1v) is 3.73. The van der Waals surface area contributed by atoms with E-state index in [-0.39, 0.29) is 13.5 Å². The summed E-state index contributed by atoms with van der Waals surface area (Å²) in [4.78, 5) is 2.31. The number of β-amino-alcohol motifs (C(OH)–C–C–N with tert-alkyl or cyclic N) is 1. The van der Waals surface area contributed by atoms with Crippen LogP contribution in [-0.4, -0.2) is 35.7 Å². The van der Waals surface area contributed by atoms with E-state index in [0.717, 1.165) is 26.1 Å². The Kier molecular flexibility index (Phi) is 4.65. The first-order valence-electron chi connectivity index (χ1n) is 3.73. The fourth-order valence-electron chi connectivity index (χ4n) is 1.33. The molecule has 1 aliphatic heterocycles. The summed E-state index contributed by atoms with van der Waals surface area (Å²) in [5.41, 5.74) is 0. The van der Waals surface area contributed by atoms with Crippen LogP contribution in [-0.2, 0) is 0 Å². The largest absolute Gasteiger partial charge is 0.392 e. The lowest BCUT2D eigenvalue weighted by molar-refractivity contribution is 0.176. The first-order chi connectivity index (χ1) is 4.33. The van der Waals surface area contributed by atoms with E-state index in [0.29, 0.717) is 0 Å². The van der Waals surface area contributed by atoms with Crippen molar-refractivity contribution in [2.45, 2.75) is 33.3 Å². The molecule has 0 spiro atoms. The Morgan fingerprint density at radius 3 is 2.70 bits per heavy atom. The maximum absolute atomic E-state index is 9.08. The lowest BCUT2D eigenvalue weighted by atomic mass is 10.3. The van der Waals surface area contributed by atoms with E-state index in [9.17, 15) is 0 Å². The number of rotatable bonds is 2. The van der Waals surface area contributed by atoms with Gasteiger partial charge >= 0.3 is 0 Å². The number of aliphatic hydroxyl groups is 1. The highest BCUT2D eigenvalue weighted by atomic mass is 16.3. The van der Waals surface area contributed by atoms with E-state index in [1.807, 2.05) is 0 Å². The predicted octanol–water partition coefficient (Wildman–Crippen LogP) is 1.10. The lowest BCUT2D eigenvalue weighted by Gasteiger charge is -2.11. The van der Waals surface area contributed by atoms with Gasteiger partial charge in [0.1, 0.15) is 0 Å². The number of nitrogens with zero attached hydrogens (tertiary/aromatic N) is 1. The molecular formula is C8H19NO. The third-order valence-electron chi connectivity index (χ3n) is 1.79. The second-order valence-electron chi connectivity index (χ2n) is 2.74. The van der Waals surface area contributed by atoms with Crippen molar-refractivity contribution in [2.24, 2.45) is 0 Å². The van der Waals surface area contributed by atoms with Gasteiger partial charge in [-0.3, -0.25) is 0 Å². The molecule has 1 N–H and O–H groups in total. The van der Waals surface area contributed by atoms with Crippen molar-refractivity contribution in [1.82, 2.24) is 4.90 Å². The average molecular weight is 145 g/mol. The Balaban J connectivity index is 0.000000810. The van der Waals surface area contributed by atoms with Gasteiger partial charge in [-0.1, -0.05) is 14.4 Å². The zero-order valence-electron chi connectivity index (χ0n) is 6.01. The Hall–Kier alpha value is -0.0800. The maximum atomic E-state index is 9.08. The minimum atomic E-state index is -0.0449. The van der Waals surface area contributed by atoms with Crippen LogP contribution in [0.4, 0.5) is 0 Å². The Labute approximate surface area is 63.8 Å². The van der Waals surface area contributed by atoms with Crippen LogP contribution in [0.3, 0.4) is 0 Å². The summed E-state index contributed by atoms with van der Waals surface area (Å²) in [6, 6.07) is 0. The molecule has 0 bridgehead atoms. The summed E-state index contributed by atoms with van der Waals surface area (Å²) < 4.78 is 0. The van der Waals surface area contributed by atoms with E-state index in [2.05, 4.69) is 11.8 Å². The summed E-state index contributed by atoms with van der Waals surface area (Å²) in [7, 11) is 0. The van der Waals surface area contributed by atoms with E-state index >= 15 is 0 Å². The van der Waals surface area contributed by atoms with Gasteiger partial charge in [0, 0.05) is 13.1 Å². The number of hydrogen-bond donors (Lipinski definition) is 1. The van der Waals surface area contributed by atoms with Gasteiger partial charge in [-0.15, -0.1) is 0 Å². The second kappa shape index (κ2) is 4.69. The van der Waals surface area contributed by atoms with E-state index in [1.165, 1.54) is 6.42 Å². The van der Waals surface area contributed by atoms with Gasteiger partial charge in [0.25, 0.3) is 0 Å². The SMILES string of the molecule is C.CCCN1CCC(O)C1. The molecule has 0 saturated carbocycles. The highest BCUT2D eigenvalue weighted by Gasteiger charge is 2.18. The zero-order chi connectivity index (χ0) is 6.69. The maximum Gasteiger partial charge on any atom is 0.0679 e. The fraction of sp³-hybridized carbons (Fsp3) is 1.00. The van der Waals surface area contributed by atoms with Gasteiger partial charge in [0.05, 0.1) is 6.10 Å². The molecule has 1 fully saturated rings. The van der Waals surface area contributed by atoms with Crippen LogP contribution in [0.5, 0.6) is 0 Å². The van der Waals surface area contributed by atoms with Crippen molar-refractivity contribution < 1.29 is 5.11 Å². The van der Waals surface area contributed by atoms with E-state index in [1.54, 1.807) is 0 Å². The average Bonchev–Trinajstić information content (AvgIpc) is 2.17. The fourth-order valence-corrected chi connectivity index (χ4v) is 1.33. The number of aliphatic hydroxyl groups excluding tert-OH is 1. The molecule has 1 rings (SSSR count). The third kappa shape index (κ3) is 2.67. The summed E-state index contributed by atoms with van der Waals surface area (Å²) >= 11 is 0. The van der Waals surface area contributed by atoms with Crippen LogP contribution in [0.15, 0.2) is 0 Å². The van der Waals surface area contributed by atoms with Gasteiger partial charge in [-0.05, 0) is 19.4 Å². The molecule has 0 aromatic rings. The summed E-state index contributed by atoms with van der Waals surface area (Å²) in [5.74, 6) is 0. The van der Waals surface area contributed by atoms with Crippen molar-refractivity contribution in [3.63, 3.8) is 0 Å². The van der Waals surface area contributed by atoms with E-state index in [4.69, 9.17) is 5.11 Å². The monoisotopic (exact) mass is 145 g/mol. The van der Waals surface area contributed by atoms with Gasteiger partial charge in [-0.2, -0.15) is 0 Å². The Morgan fingerprint density at radius 1 is 1.60 bits per heavy atom. The number of hydrogen-bond acceptors (Lipinski definition) is 2. The van der Waals surface area contributed by atoms with Gasteiger partial charge in [0.15, 0.2) is 0 Å². The zero-order valence-corrected chi connectivity index (χ0v) is 6.01. The molecule has 1 atom stereocenters. The standard InChI is InChI=1S/C7H15NO.CH4/c1-2-4-8-5-3-7(9)6-8;/h7,9H,2-6H2,1H3;1H4. The summed E-state index contributed by atoms with van der Waals surface area (Å²) in [6.45, 7) is 5.31. The van der Waals surface area contributed by atoms with Crippen LogP contribution < -0.4 is 0 Å². The predicted molar refractivity (Wildman–Crippen MR) is 44.1 cm³/mol. The van der Waals surface area contributed by atoms with Crippen LogP contribution in [0, 0.1) is 0 Å². The van der Waals surface area contributed by atoms with E-state index < -0.39 is 0 Å². The quantitative estimate of drug-likeness (QED) is 0.629. The van der Waals surface area contributed by atoms with Gasteiger partial charge in [-0.25, -0.2) is 0 Å². The van der Waals surface area contributed by atoms with Crippen molar-refractivity contribution in [1.29, 1.82) is 0 Å². The molecule has 0 amide bonds. The molecular weight excluding hydrogens is 126 g/mol. The highest BCUT2D eigenvalue weighted by molar-refractivity contribution is 4.73. The molecule has 1 aliphatic rings. The lowest BCUT2D eigenvalue weighted by Crippen LogP contribution is -2.22. The topological polar surface area (TPSA) is 23.5 Å². The molecule has 10 heavy (non-hydrogen) atoms. The van der Waals surface area contributed by atoms with Crippen LogP contribution in [0.1, 0.15) is 27.2 Å². The first kappa shape index (κ1) is 9.92. The van der Waals surface area contributed by atoms with Crippen LogP contribution in [0.25, 0.3) is 0 Å². The molecule has 1 saturated heterocycles. The Morgan fingerprint density at radius 2 is 2.30 bits per heavy atom. The molecule has 2 nitrogen and oxygen atoms in total.